The lowest BCUT2D eigenvalue weighted by Crippen LogP contribution is -2.50. The number of thiophene rings is 1. The summed E-state index contributed by atoms with van der Waals surface area (Å²) in [7, 11) is 1.35. The zero-order chi connectivity index (χ0) is 22.1. The van der Waals surface area contributed by atoms with Crippen molar-refractivity contribution in [2.75, 3.05) is 43.5 Å². The average Bonchev–Trinajstić information content (AvgIpc) is 3.10. The molecule has 0 amide bonds. The molecular formula is C22H21Cl2N3O2S2. The first-order valence-corrected chi connectivity index (χ1v) is 11.7. The van der Waals surface area contributed by atoms with Crippen molar-refractivity contribution >= 4 is 79.3 Å². The van der Waals surface area contributed by atoms with E-state index in [1.54, 1.807) is 0 Å². The monoisotopic (exact) mass is 493 g/mol. The first-order chi connectivity index (χ1) is 14.9. The van der Waals surface area contributed by atoms with Gasteiger partial charge in [0.15, 0.2) is 5.11 Å². The Kier molecular flexibility index (Phi) is 6.57. The van der Waals surface area contributed by atoms with Crippen molar-refractivity contribution in [2.24, 2.45) is 0 Å². The molecule has 0 radical (unpaired) electrons. The molecule has 1 fully saturated rings. The number of ether oxygens (including phenoxy) is 1. The standard InChI is InChI=1S/C22H21Cl2N3O2S2/c1-13-3-4-14(23)11-17(13)26-7-9-27(10-8-26)22(30)25-15-5-6-16-18(12-15)31-20(19(16)24)21(28)29-2/h3-6,11-12H,7-10H2,1-2H3,(H,25,30). The molecule has 0 bridgehead atoms. The molecule has 0 aliphatic carbocycles. The molecule has 0 unspecified atom stereocenters. The zero-order valence-electron chi connectivity index (χ0n) is 17.1. The summed E-state index contributed by atoms with van der Waals surface area (Å²) in [4.78, 5) is 16.8. The fourth-order valence-electron chi connectivity index (χ4n) is 3.64. The SMILES string of the molecule is COC(=O)c1sc2cc(NC(=S)N3CCN(c4cc(Cl)ccc4C)CC3)ccc2c1Cl. The van der Waals surface area contributed by atoms with Crippen molar-refractivity contribution < 1.29 is 9.53 Å². The molecule has 0 saturated carbocycles. The number of piperazine rings is 1. The number of benzene rings is 2. The number of aryl methyl sites for hydroxylation is 1. The summed E-state index contributed by atoms with van der Waals surface area (Å²) in [5.41, 5.74) is 3.25. The third-order valence-electron chi connectivity index (χ3n) is 5.33. The van der Waals surface area contributed by atoms with Crippen LogP contribution in [-0.2, 0) is 4.74 Å². The van der Waals surface area contributed by atoms with Gasteiger partial charge in [-0.3, -0.25) is 0 Å². The van der Waals surface area contributed by atoms with E-state index in [1.165, 1.54) is 29.7 Å². The Morgan fingerprint density at radius 1 is 1.13 bits per heavy atom. The lowest BCUT2D eigenvalue weighted by atomic mass is 10.1. The van der Waals surface area contributed by atoms with E-state index in [2.05, 4.69) is 28.1 Å². The second kappa shape index (κ2) is 9.20. The minimum absolute atomic E-state index is 0.409. The maximum Gasteiger partial charge on any atom is 0.349 e. The Morgan fingerprint density at radius 2 is 1.87 bits per heavy atom. The van der Waals surface area contributed by atoms with Crippen LogP contribution in [0.2, 0.25) is 10.0 Å². The van der Waals surface area contributed by atoms with Crippen molar-refractivity contribution in [3.8, 4) is 0 Å². The number of esters is 1. The summed E-state index contributed by atoms with van der Waals surface area (Å²) in [5, 5.41) is 6.00. The number of halogens is 2. The summed E-state index contributed by atoms with van der Waals surface area (Å²) in [5.74, 6) is -0.427. The Labute approximate surface area is 200 Å². The number of nitrogens with zero attached hydrogens (tertiary/aromatic N) is 2. The number of carbonyl (C=O) groups is 1. The van der Waals surface area contributed by atoms with E-state index in [0.717, 1.165) is 47.0 Å². The van der Waals surface area contributed by atoms with Crippen LogP contribution in [0.25, 0.3) is 10.1 Å². The minimum atomic E-state index is -0.427. The van der Waals surface area contributed by atoms with Gasteiger partial charge in [-0.05, 0) is 55.0 Å². The molecule has 5 nitrogen and oxygen atoms in total. The van der Waals surface area contributed by atoms with Crippen LogP contribution in [0.15, 0.2) is 36.4 Å². The molecule has 9 heteroatoms. The second-order valence-electron chi connectivity index (χ2n) is 7.28. The summed E-state index contributed by atoms with van der Waals surface area (Å²) in [6.45, 7) is 5.47. The van der Waals surface area contributed by atoms with E-state index in [9.17, 15) is 4.79 Å². The highest BCUT2D eigenvalue weighted by molar-refractivity contribution is 7.80. The molecule has 0 spiro atoms. The Bertz CT molecular complexity index is 1160. The van der Waals surface area contributed by atoms with Crippen molar-refractivity contribution in [1.82, 2.24) is 4.90 Å². The third kappa shape index (κ3) is 4.60. The summed E-state index contributed by atoms with van der Waals surface area (Å²) >= 11 is 19.5. The Hall–Kier alpha value is -2.06. The maximum atomic E-state index is 11.9. The van der Waals surface area contributed by atoms with Gasteiger partial charge in [-0.2, -0.15) is 0 Å². The second-order valence-corrected chi connectivity index (χ2v) is 9.54. The molecule has 2 heterocycles. The number of rotatable bonds is 3. The summed E-state index contributed by atoms with van der Waals surface area (Å²) < 4.78 is 5.71. The molecule has 1 N–H and O–H groups in total. The van der Waals surface area contributed by atoms with Crippen molar-refractivity contribution in [3.05, 3.63) is 56.9 Å². The predicted molar refractivity (Wildman–Crippen MR) is 134 cm³/mol. The van der Waals surface area contributed by atoms with Crippen LogP contribution in [0.3, 0.4) is 0 Å². The largest absolute Gasteiger partial charge is 0.465 e. The average molecular weight is 494 g/mol. The van der Waals surface area contributed by atoms with Crippen molar-refractivity contribution in [2.45, 2.75) is 6.92 Å². The molecule has 1 saturated heterocycles. The van der Waals surface area contributed by atoms with E-state index >= 15 is 0 Å². The number of thiocarbonyl (C=S) groups is 1. The lowest BCUT2D eigenvalue weighted by molar-refractivity contribution is 0.0606. The minimum Gasteiger partial charge on any atom is -0.465 e. The van der Waals surface area contributed by atoms with E-state index in [4.69, 9.17) is 40.2 Å². The smallest absolute Gasteiger partial charge is 0.349 e. The van der Waals surface area contributed by atoms with E-state index < -0.39 is 5.97 Å². The molecule has 162 valence electrons. The first-order valence-electron chi connectivity index (χ1n) is 9.75. The number of carbonyl (C=O) groups excluding carboxylic acids is 1. The van der Waals surface area contributed by atoms with Gasteiger partial charge in [0.1, 0.15) is 4.88 Å². The summed E-state index contributed by atoms with van der Waals surface area (Å²) in [6.07, 6.45) is 0. The van der Waals surface area contributed by atoms with Crippen molar-refractivity contribution in [3.63, 3.8) is 0 Å². The fraction of sp³-hybridized carbons (Fsp3) is 0.273. The number of nitrogens with one attached hydrogen (secondary N) is 1. The normalized spacial score (nSPS) is 14.1. The molecule has 0 atom stereocenters. The molecule has 3 aromatic rings. The van der Waals surface area contributed by atoms with Gasteiger partial charge in [0, 0.05) is 52.7 Å². The van der Waals surface area contributed by atoms with Gasteiger partial charge in [0.2, 0.25) is 0 Å². The van der Waals surface area contributed by atoms with Gasteiger partial charge in [0.25, 0.3) is 0 Å². The molecule has 4 rings (SSSR count). The fourth-order valence-corrected chi connectivity index (χ4v) is 5.58. The molecular weight excluding hydrogens is 473 g/mol. The van der Waals surface area contributed by atoms with Gasteiger partial charge in [-0.1, -0.05) is 29.3 Å². The van der Waals surface area contributed by atoms with Gasteiger partial charge >= 0.3 is 5.97 Å². The van der Waals surface area contributed by atoms with Gasteiger partial charge in [-0.15, -0.1) is 11.3 Å². The summed E-state index contributed by atoms with van der Waals surface area (Å²) in [6, 6.07) is 11.8. The molecule has 1 aliphatic heterocycles. The highest BCUT2D eigenvalue weighted by atomic mass is 35.5. The third-order valence-corrected chi connectivity index (χ3v) is 7.56. The quantitative estimate of drug-likeness (QED) is 0.366. The number of methoxy groups -OCH3 is 1. The highest BCUT2D eigenvalue weighted by Gasteiger charge is 2.21. The topological polar surface area (TPSA) is 44.8 Å². The number of fused-ring (bicyclic) bond motifs is 1. The van der Waals surface area contributed by atoms with E-state index in [1.807, 2.05) is 30.3 Å². The van der Waals surface area contributed by atoms with Crippen LogP contribution in [0.1, 0.15) is 15.2 Å². The van der Waals surface area contributed by atoms with E-state index in [-0.39, 0.29) is 0 Å². The molecule has 2 aromatic carbocycles. The highest BCUT2D eigenvalue weighted by Crippen LogP contribution is 2.37. The van der Waals surface area contributed by atoms with Gasteiger partial charge < -0.3 is 19.9 Å². The van der Waals surface area contributed by atoms with Crippen LogP contribution in [0.4, 0.5) is 11.4 Å². The lowest BCUT2D eigenvalue weighted by Gasteiger charge is -2.38. The van der Waals surface area contributed by atoms with Gasteiger partial charge in [-0.25, -0.2) is 4.79 Å². The zero-order valence-corrected chi connectivity index (χ0v) is 20.2. The van der Waals surface area contributed by atoms with Crippen LogP contribution >= 0.6 is 46.8 Å². The predicted octanol–water partition coefficient (Wildman–Crippen LogP) is 5.82. The molecule has 1 aliphatic rings. The van der Waals surface area contributed by atoms with E-state index in [0.29, 0.717) is 15.0 Å². The van der Waals surface area contributed by atoms with Crippen molar-refractivity contribution in [1.29, 1.82) is 0 Å². The van der Waals surface area contributed by atoms with Crippen LogP contribution in [0, 0.1) is 6.92 Å². The van der Waals surface area contributed by atoms with Crippen LogP contribution < -0.4 is 10.2 Å². The van der Waals surface area contributed by atoms with Crippen LogP contribution in [-0.4, -0.2) is 49.3 Å². The number of anilines is 2. The maximum absolute atomic E-state index is 11.9. The molecule has 31 heavy (non-hydrogen) atoms. The first kappa shape index (κ1) is 22.1. The Balaban J connectivity index is 1.42. The van der Waals surface area contributed by atoms with Crippen LogP contribution in [0.5, 0.6) is 0 Å². The molecule has 1 aromatic heterocycles. The number of hydrogen-bond donors (Lipinski definition) is 1. The van der Waals surface area contributed by atoms with Gasteiger partial charge in [0.05, 0.1) is 12.1 Å². The number of hydrogen-bond acceptors (Lipinski definition) is 5. The Morgan fingerprint density at radius 3 is 2.58 bits per heavy atom.